The van der Waals surface area contributed by atoms with Gasteiger partial charge in [-0.3, -0.25) is 0 Å². The van der Waals surface area contributed by atoms with E-state index in [0.29, 0.717) is 9.11 Å². The molecule has 2 N–H and O–H groups in total. The fourth-order valence-corrected chi connectivity index (χ4v) is 4.44. The van der Waals surface area contributed by atoms with E-state index in [-0.39, 0.29) is 22.0 Å². The smallest absolute Gasteiger partial charge is 0.329 e. The number of carbonyl (C=O) groups is 1. The number of hydrogen-bond acceptors (Lipinski definition) is 7. The van der Waals surface area contributed by atoms with Gasteiger partial charge >= 0.3 is 6.03 Å². The van der Waals surface area contributed by atoms with E-state index in [1.54, 1.807) is 19.1 Å². The van der Waals surface area contributed by atoms with Gasteiger partial charge in [0.1, 0.15) is 5.69 Å². The van der Waals surface area contributed by atoms with Gasteiger partial charge in [0, 0.05) is 5.02 Å². The molecule has 2 amide bonds. The Bertz CT molecular complexity index is 1270. The normalized spacial score (nSPS) is 11.8. The Labute approximate surface area is 178 Å². The molecule has 0 saturated heterocycles. The van der Waals surface area contributed by atoms with E-state index in [1.807, 2.05) is 4.72 Å². The fourth-order valence-electron chi connectivity index (χ4n) is 2.30. The van der Waals surface area contributed by atoms with Gasteiger partial charge in [-0.05, 0) is 43.3 Å². The van der Waals surface area contributed by atoms with Crippen molar-refractivity contribution in [2.45, 2.75) is 23.3 Å². The maximum Gasteiger partial charge on any atom is 0.329 e. The van der Waals surface area contributed by atoms with Crippen molar-refractivity contribution in [1.82, 2.24) is 24.4 Å². The van der Waals surface area contributed by atoms with Crippen molar-refractivity contribution in [3.8, 4) is 0 Å². The monoisotopic (exact) mass is 469 g/mol. The zero-order valence-electron chi connectivity index (χ0n) is 15.5. The highest BCUT2D eigenvalue weighted by atomic mass is 35.5. The van der Waals surface area contributed by atoms with Crippen molar-refractivity contribution in [3.63, 3.8) is 0 Å². The second-order valence-corrected chi connectivity index (χ2v) is 10.1. The lowest BCUT2D eigenvalue weighted by molar-refractivity contribution is 0.245. The Morgan fingerprint density at radius 3 is 2.23 bits per heavy atom. The average Bonchev–Trinajstić information content (AvgIpc) is 3.17. The van der Waals surface area contributed by atoms with E-state index in [0.717, 1.165) is 11.8 Å². The summed E-state index contributed by atoms with van der Waals surface area (Å²) in [7, 11) is -8.03. The van der Waals surface area contributed by atoms with Crippen molar-refractivity contribution in [2.75, 3.05) is 0 Å². The number of nitrogens with one attached hydrogen (secondary N) is 2. The SMILES string of the molecule is Cc1ccc(S(=O)(=O)NC(=O)NCc2cn(S(=O)(=O)c3ccc(Cl)cc3)nn2)cc1. The van der Waals surface area contributed by atoms with Crippen LogP contribution in [0.3, 0.4) is 0 Å². The minimum atomic E-state index is -4.05. The Kier molecular flexibility index (Phi) is 6.10. The Hall–Kier alpha value is -2.96. The molecule has 0 spiro atoms. The van der Waals surface area contributed by atoms with Gasteiger partial charge in [0.05, 0.1) is 22.5 Å². The summed E-state index contributed by atoms with van der Waals surface area (Å²) < 4.78 is 51.9. The van der Waals surface area contributed by atoms with Gasteiger partial charge in [0.2, 0.25) is 0 Å². The van der Waals surface area contributed by atoms with Crippen LogP contribution in [0.4, 0.5) is 4.79 Å². The molecule has 0 unspecified atom stereocenters. The van der Waals surface area contributed by atoms with Crippen molar-refractivity contribution in [3.05, 3.63) is 71.0 Å². The maximum atomic E-state index is 12.5. The standard InChI is InChI=1S/C17H16ClN5O5S2/c1-12-2-6-15(7-3-12)29(25,26)21-17(24)19-10-14-11-23(22-20-14)30(27,28)16-8-4-13(18)5-9-16/h2-9,11H,10H2,1H3,(H2,19,21,24). The van der Waals surface area contributed by atoms with Crippen LogP contribution in [0.1, 0.15) is 11.3 Å². The van der Waals surface area contributed by atoms with Gasteiger partial charge in [-0.25, -0.2) is 17.9 Å². The molecule has 0 aliphatic carbocycles. The summed E-state index contributed by atoms with van der Waals surface area (Å²) in [4.78, 5) is 11.8. The van der Waals surface area contributed by atoms with Crippen molar-refractivity contribution >= 4 is 37.7 Å². The van der Waals surface area contributed by atoms with Gasteiger partial charge in [0.15, 0.2) is 0 Å². The predicted molar refractivity (Wildman–Crippen MR) is 108 cm³/mol. The molecular weight excluding hydrogens is 454 g/mol. The molecule has 0 bridgehead atoms. The molecule has 158 valence electrons. The minimum absolute atomic E-state index is 0.0433. The zero-order valence-corrected chi connectivity index (χ0v) is 17.9. The first-order valence-electron chi connectivity index (χ1n) is 8.38. The quantitative estimate of drug-likeness (QED) is 0.559. The number of halogens is 1. The molecule has 0 aliphatic heterocycles. The molecule has 13 heteroatoms. The summed E-state index contributed by atoms with van der Waals surface area (Å²) >= 11 is 5.76. The highest BCUT2D eigenvalue weighted by Crippen LogP contribution is 2.16. The Morgan fingerprint density at radius 1 is 1.00 bits per heavy atom. The predicted octanol–water partition coefficient (Wildman–Crippen LogP) is 1.67. The number of aromatic nitrogens is 3. The lowest BCUT2D eigenvalue weighted by atomic mass is 10.2. The number of urea groups is 1. The second kappa shape index (κ2) is 8.42. The average molecular weight is 470 g/mol. The van der Waals surface area contributed by atoms with Gasteiger partial charge < -0.3 is 5.32 Å². The fraction of sp³-hybridized carbons (Fsp3) is 0.118. The number of amides is 2. The number of benzene rings is 2. The summed E-state index contributed by atoms with van der Waals surface area (Å²) in [5, 5.41) is 9.90. The first-order valence-corrected chi connectivity index (χ1v) is 11.7. The summed E-state index contributed by atoms with van der Waals surface area (Å²) in [5.74, 6) is 0. The van der Waals surface area contributed by atoms with Gasteiger partial charge in [0.25, 0.3) is 20.0 Å². The maximum absolute atomic E-state index is 12.5. The number of carbonyl (C=O) groups excluding carboxylic acids is 1. The number of sulfonamides is 1. The van der Waals surface area contributed by atoms with Crippen LogP contribution >= 0.6 is 11.6 Å². The number of rotatable bonds is 6. The van der Waals surface area contributed by atoms with Crippen LogP contribution in [0.2, 0.25) is 5.02 Å². The third-order valence-corrected chi connectivity index (χ3v) is 7.00. The Morgan fingerprint density at radius 2 is 1.60 bits per heavy atom. The first-order chi connectivity index (χ1) is 14.1. The lowest BCUT2D eigenvalue weighted by Gasteiger charge is -2.08. The molecule has 30 heavy (non-hydrogen) atoms. The Balaban J connectivity index is 1.64. The number of aryl methyl sites for hydroxylation is 1. The molecular formula is C17H16ClN5O5S2. The van der Waals surface area contributed by atoms with Crippen molar-refractivity contribution < 1.29 is 21.6 Å². The summed E-state index contributed by atoms with van der Waals surface area (Å²) in [6.45, 7) is 1.56. The molecule has 0 fully saturated rings. The van der Waals surface area contributed by atoms with E-state index in [2.05, 4.69) is 15.6 Å². The topological polar surface area (TPSA) is 140 Å². The van der Waals surface area contributed by atoms with Gasteiger partial charge in [-0.1, -0.05) is 34.5 Å². The molecule has 3 rings (SSSR count). The van der Waals surface area contributed by atoms with Crippen LogP contribution in [-0.4, -0.2) is 37.3 Å². The number of hydrogen-bond donors (Lipinski definition) is 2. The highest BCUT2D eigenvalue weighted by Gasteiger charge is 2.20. The molecule has 0 aliphatic rings. The molecule has 0 atom stereocenters. The largest absolute Gasteiger partial charge is 0.332 e. The van der Waals surface area contributed by atoms with Crippen LogP contribution in [0.25, 0.3) is 0 Å². The van der Waals surface area contributed by atoms with Gasteiger partial charge in [-0.2, -0.15) is 8.42 Å². The van der Waals surface area contributed by atoms with Crippen molar-refractivity contribution in [1.29, 1.82) is 0 Å². The van der Waals surface area contributed by atoms with E-state index in [9.17, 15) is 21.6 Å². The molecule has 0 saturated carbocycles. The molecule has 3 aromatic rings. The van der Waals surface area contributed by atoms with E-state index >= 15 is 0 Å². The molecule has 1 aromatic heterocycles. The molecule has 1 heterocycles. The molecule has 10 nitrogen and oxygen atoms in total. The van der Waals surface area contributed by atoms with Crippen LogP contribution in [0, 0.1) is 6.92 Å². The zero-order chi connectivity index (χ0) is 21.9. The third-order valence-electron chi connectivity index (χ3n) is 3.87. The first kappa shape index (κ1) is 21.7. The van der Waals surface area contributed by atoms with E-state index in [4.69, 9.17) is 11.6 Å². The summed E-state index contributed by atoms with van der Waals surface area (Å²) in [5.41, 5.74) is 0.977. The van der Waals surface area contributed by atoms with Crippen molar-refractivity contribution in [2.24, 2.45) is 0 Å². The minimum Gasteiger partial charge on any atom is -0.332 e. The number of nitrogens with zero attached hydrogens (tertiary/aromatic N) is 3. The van der Waals surface area contributed by atoms with Crippen LogP contribution < -0.4 is 10.0 Å². The summed E-state index contributed by atoms with van der Waals surface area (Å²) in [6.07, 6.45) is 1.11. The van der Waals surface area contributed by atoms with Crippen LogP contribution in [-0.2, 0) is 26.6 Å². The summed E-state index contributed by atoms with van der Waals surface area (Å²) in [6, 6.07) is 10.4. The lowest BCUT2D eigenvalue weighted by Crippen LogP contribution is -2.39. The van der Waals surface area contributed by atoms with Crippen LogP contribution in [0.5, 0.6) is 0 Å². The van der Waals surface area contributed by atoms with E-state index < -0.39 is 26.1 Å². The van der Waals surface area contributed by atoms with E-state index in [1.165, 1.54) is 36.4 Å². The molecule has 0 radical (unpaired) electrons. The molecule has 2 aromatic carbocycles. The van der Waals surface area contributed by atoms with Gasteiger partial charge in [-0.15, -0.1) is 9.19 Å². The highest BCUT2D eigenvalue weighted by molar-refractivity contribution is 7.90. The third kappa shape index (κ3) is 4.96. The second-order valence-electron chi connectivity index (χ2n) is 6.14. The van der Waals surface area contributed by atoms with Crippen LogP contribution in [0.15, 0.2) is 64.5 Å².